The molecule has 0 radical (unpaired) electrons. The van der Waals surface area contributed by atoms with Gasteiger partial charge in [-0.05, 0) is 12.1 Å². The van der Waals surface area contributed by atoms with Crippen LogP contribution < -0.4 is 5.56 Å². The number of nitrogens with one attached hydrogen (secondary N) is 1. The fourth-order valence-electron chi connectivity index (χ4n) is 1.13. The zero-order valence-corrected chi connectivity index (χ0v) is 7.95. The highest BCUT2D eigenvalue weighted by Crippen LogP contribution is 2.15. The minimum absolute atomic E-state index is 0.0897. The molecule has 7 heteroatoms. The largest absolute Gasteiger partial charge is 0.287 e. The van der Waals surface area contributed by atoms with E-state index < -0.39 is 4.92 Å². The average molecular weight is 218 g/mol. The Morgan fingerprint density at radius 1 is 1.19 bits per heavy atom. The molecular formula is C9H6N4O3. The lowest BCUT2D eigenvalue weighted by molar-refractivity contribution is -0.385. The third-order valence-electron chi connectivity index (χ3n) is 1.90. The molecule has 0 amide bonds. The van der Waals surface area contributed by atoms with E-state index in [0.29, 0.717) is 11.4 Å². The van der Waals surface area contributed by atoms with Crippen molar-refractivity contribution in [2.24, 2.45) is 0 Å². The highest BCUT2D eigenvalue weighted by molar-refractivity contribution is 5.54. The number of rotatable bonds is 2. The quantitative estimate of drug-likeness (QED) is 0.591. The fourth-order valence-corrected chi connectivity index (χ4v) is 1.13. The zero-order chi connectivity index (χ0) is 11.5. The summed E-state index contributed by atoms with van der Waals surface area (Å²) in [4.78, 5) is 24.5. The first-order valence-electron chi connectivity index (χ1n) is 4.33. The Morgan fingerprint density at radius 3 is 2.44 bits per heavy atom. The summed E-state index contributed by atoms with van der Waals surface area (Å²) in [5.41, 5.74) is 0.509. The maximum atomic E-state index is 10.8. The molecule has 2 rings (SSSR count). The second kappa shape index (κ2) is 3.89. The lowest BCUT2D eigenvalue weighted by Gasteiger charge is -1.97. The summed E-state index contributed by atoms with van der Waals surface area (Å²) >= 11 is 0. The number of nitro groups is 1. The molecule has 0 aliphatic heterocycles. The molecule has 0 unspecified atom stereocenters. The molecule has 2 aromatic rings. The maximum absolute atomic E-state index is 10.8. The van der Waals surface area contributed by atoms with E-state index in [2.05, 4.69) is 15.2 Å². The Hall–Kier alpha value is -2.57. The number of H-pyrrole nitrogens is 1. The second-order valence-corrected chi connectivity index (χ2v) is 2.97. The minimum Gasteiger partial charge on any atom is -0.268 e. The van der Waals surface area contributed by atoms with E-state index in [4.69, 9.17) is 0 Å². The third-order valence-corrected chi connectivity index (χ3v) is 1.90. The molecule has 0 saturated carbocycles. The Balaban J connectivity index is 2.38. The molecule has 0 saturated heterocycles. The molecule has 0 bridgehead atoms. The smallest absolute Gasteiger partial charge is 0.268 e. The molecule has 80 valence electrons. The van der Waals surface area contributed by atoms with E-state index in [0.717, 1.165) is 6.20 Å². The van der Waals surface area contributed by atoms with Crippen LogP contribution in [0, 0.1) is 10.1 Å². The molecule has 0 atom stereocenters. The van der Waals surface area contributed by atoms with Gasteiger partial charge in [-0.2, -0.15) is 5.10 Å². The fraction of sp³-hybridized carbons (Fsp3) is 0. The summed E-state index contributed by atoms with van der Waals surface area (Å²) < 4.78 is 0. The molecule has 1 N–H and O–H groups in total. The van der Waals surface area contributed by atoms with Crippen molar-refractivity contribution in [3.8, 4) is 11.4 Å². The molecule has 2 heterocycles. The number of aromatic nitrogens is 3. The van der Waals surface area contributed by atoms with Gasteiger partial charge in [0.15, 0.2) is 0 Å². The summed E-state index contributed by atoms with van der Waals surface area (Å²) in [6.45, 7) is 0. The minimum atomic E-state index is -0.531. The first-order valence-corrected chi connectivity index (χ1v) is 4.33. The van der Waals surface area contributed by atoms with Gasteiger partial charge in [-0.25, -0.2) is 10.1 Å². The van der Waals surface area contributed by atoms with Crippen molar-refractivity contribution in [2.75, 3.05) is 0 Å². The van der Waals surface area contributed by atoms with Crippen molar-refractivity contribution >= 4 is 5.69 Å². The van der Waals surface area contributed by atoms with Gasteiger partial charge in [-0.1, -0.05) is 0 Å². The molecule has 0 aliphatic rings. The number of nitrogens with zero attached hydrogens (tertiary/aromatic N) is 3. The topological polar surface area (TPSA) is 102 Å². The van der Waals surface area contributed by atoms with Crippen molar-refractivity contribution in [1.82, 2.24) is 15.2 Å². The van der Waals surface area contributed by atoms with Crippen LogP contribution in [0.4, 0.5) is 5.69 Å². The van der Waals surface area contributed by atoms with E-state index in [1.807, 2.05) is 0 Å². The zero-order valence-electron chi connectivity index (χ0n) is 7.95. The standard InChI is InChI=1S/C9H6N4O3/c14-9-4-3-8(11-12-9)7-2-1-6(5-10-7)13(15)16/h1-5H,(H,12,14). The van der Waals surface area contributed by atoms with Crippen LogP contribution in [0.3, 0.4) is 0 Å². The van der Waals surface area contributed by atoms with Crippen molar-refractivity contribution in [1.29, 1.82) is 0 Å². The first-order chi connectivity index (χ1) is 7.66. The van der Waals surface area contributed by atoms with E-state index in [1.165, 1.54) is 24.3 Å². The van der Waals surface area contributed by atoms with Crippen LogP contribution in [0.1, 0.15) is 0 Å². The first kappa shape index (κ1) is 9.97. The van der Waals surface area contributed by atoms with Crippen LogP contribution >= 0.6 is 0 Å². The number of hydrogen-bond donors (Lipinski definition) is 1. The average Bonchev–Trinajstić information content (AvgIpc) is 2.30. The third kappa shape index (κ3) is 1.92. The summed E-state index contributed by atoms with van der Waals surface area (Å²) in [6, 6.07) is 5.60. The number of pyridine rings is 1. The highest BCUT2D eigenvalue weighted by Gasteiger charge is 2.07. The number of hydrogen-bond acceptors (Lipinski definition) is 5. The monoisotopic (exact) mass is 218 g/mol. The molecule has 0 fully saturated rings. The Morgan fingerprint density at radius 2 is 1.94 bits per heavy atom. The van der Waals surface area contributed by atoms with Gasteiger partial charge in [-0.15, -0.1) is 0 Å². The van der Waals surface area contributed by atoms with E-state index >= 15 is 0 Å². The summed E-state index contributed by atoms with van der Waals surface area (Å²) in [6.07, 6.45) is 1.14. The van der Waals surface area contributed by atoms with Crippen molar-refractivity contribution in [3.05, 3.63) is 50.9 Å². The molecule has 0 spiro atoms. The number of aromatic amines is 1. The molecule has 2 aromatic heterocycles. The summed E-state index contributed by atoms with van der Waals surface area (Å²) in [5.74, 6) is 0. The lowest BCUT2D eigenvalue weighted by atomic mass is 10.2. The lowest BCUT2D eigenvalue weighted by Crippen LogP contribution is -2.05. The van der Waals surface area contributed by atoms with Crippen molar-refractivity contribution < 1.29 is 4.92 Å². The maximum Gasteiger partial charge on any atom is 0.287 e. The van der Waals surface area contributed by atoms with Crippen LogP contribution in [0.2, 0.25) is 0 Å². The SMILES string of the molecule is O=c1ccc(-c2ccc([N+](=O)[O-])cn2)n[nH]1. The normalized spacial score (nSPS) is 10.0. The van der Waals surface area contributed by atoms with Crippen LogP contribution in [-0.4, -0.2) is 20.1 Å². The Bertz CT molecular complexity index is 556. The van der Waals surface area contributed by atoms with Crippen molar-refractivity contribution in [3.63, 3.8) is 0 Å². The molecule has 16 heavy (non-hydrogen) atoms. The predicted molar refractivity (Wildman–Crippen MR) is 54.7 cm³/mol. The van der Waals surface area contributed by atoms with Crippen LogP contribution in [0.25, 0.3) is 11.4 Å². The Labute approximate surface area is 88.9 Å². The van der Waals surface area contributed by atoms with Crippen molar-refractivity contribution in [2.45, 2.75) is 0 Å². The van der Waals surface area contributed by atoms with Gasteiger partial charge in [-0.3, -0.25) is 14.9 Å². The van der Waals surface area contributed by atoms with E-state index in [-0.39, 0.29) is 11.2 Å². The van der Waals surface area contributed by atoms with Gasteiger partial charge in [0.1, 0.15) is 11.9 Å². The Kier molecular flexibility index (Phi) is 2.42. The van der Waals surface area contributed by atoms with E-state index in [9.17, 15) is 14.9 Å². The molecule has 0 aliphatic carbocycles. The van der Waals surface area contributed by atoms with Gasteiger partial charge in [0.05, 0.1) is 10.6 Å². The van der Waals surface area contributed by atoms with Crippen LogP contribution in [0.15, 0.2) is 35.3 Å². The van der Waals surface area contributed by atoms with Gasteiger partial charge >= 0.3 is 0 Å². The summed E-state index contributed by atoms with van der Waals surface area (Å²) in [5, 5.41) is 16.4. The van der Waals surface area contributed by atoms with Gasteiger partial charge in [0, 0.05) is 12.1 Å². The molecule has 7 nitrogen and oxygen atoms in total. The van der Waals surface area contributed by atoms with Crippen LogP contribution in [-0.2, 0) is 0 Å². The predicted octanol–water partition coefficient (Wildman–Crippen LogP) is 0.740. The summed E-state index contributed by atoms with van der Waals surface area (Å²) in [7, 11) is 0. The molecular weight excluding hydrogens is 212 g/mol. The second-order valence-electron chi connectivity index (χ2n) is 2.97. The van der Waals surface area contributed by atoms with Crippen LogP contribution in [0.5, 0.6) is 0 Å². The van der Waals surface area contributed by atoms with Gasteiger partial charge in [0.25, 0.3) is 11.2 Å². The molecule has 0 aromatic carbocycles. The van der Waals surface area contributed by atoms with Gasteiger partial charge < -0.3 is 0 Å². The van der Waals surface area contributed by atoms with E-state index in [1.54, 1.807) is 0 Å². The highest BCUT2D eigenvalue weighted by atomic mass is 16.6. The van der Waals surface area contributed by atoms with Gasteiger partial charge in [0.2, 0.25) is 0 Å².